The van der Waals surface area contributed by atoms with Crippen molar-refractivity contribution in [3.05, 3.63) is 77.1 Å². The molecule has 1 heterocycles. The molecule has 0 saturated carbocycles. The van der Waals surface area contributed by atoms with E-state index in [-0.39, 0.29) is 29.1 Å². The highest BCUT2D eigenvalue weighted by atomic mass is 16.5. The van der Waals surface area contributed by atoms with Crippen molar-refractivity contribution in [2.24, 2.45) is 5.41 Å². The van der Waals surface area contributed by atoms with Crippen LogP contribution in [0, 0.1) is 12.3 Å². The number of pyridine rings is 1. The third kappa shape index (κ3) is 5.32. The van der Waals surface area contributed by atoms with Crippen LogP contribution >= 0.6 is 0 Å². The summed E-state index contributed by atoms with van der Waals surface area (Å²) in [5, 5.41) is 20.0. The van der Waals surface area contributed by atoms with Gasteiger partial charge in [-0.05, 0) is 47.7 Å². The molecule has 2 aromatic carbocycles. The van der Waals surface area contributed by atoms with Crippen molar-refractivity contribution in [1.82, 2.24) is 4.98 Å². The molecule has 0 aliphatic carbocycles. The second kappa shape index (κ2) is 9.22. The highest BCUT2D eigenvalue weighted by Crippen LogP contribution is 2.34. The van der Waals surface area contributed by atoms with Crippen LogP contribution in [0.4, 0.5) is 0 Å². The van der Waals surface area contributed by atoms with Gasteiger partial charge in [-0.3, -0.25) is 9.78 Å². The van der Waals surface area contributed by atoms with Crippen LogP contribution in [0.2, 0.25) is 0 Å². The monoisotopic (exact) mass is 433 g/mol. The summed E-state index contributed by atoms with van der Waals surface area (Å²) in [5.74, 6) is -0.709. The zero-order valence-electron chi connectivity index (χ0n) is 18.7. The van der Waals surface area contributed by atoms with Gasteiger partial charge in [0.05, 0.1) is 11.1 Å². The first-order chi connectivity index (χ1) is 15.1. The summed E-state index contributed by atoms with van der Waals surface area (Å²) in [6.45, 7) is 7.86. The Bertz CT molecular complexity index is 1160. The number of ketones is 1. The van der Waals surface area contributed by atoms with Crippen molar-refractivity contribution in [3.8, 4) is 22.6 Å². The number of aromatic hydroxyl groups is 1. The van der Waals surface area contributed by atoms with Gasteiger partial charge in [0, 0.05) is 29.9 Å². The zero-order valence-corrected chi connectivity index (χ0v) is 18.7. The Kier molecular flexibility index (Phi) is 6.63. The van der Waals surface area contributed by atoms with E-state index in [0.29, 0.717) is 28.9 Å². The molecule has 0 spiro atoms. The molecule has 0 atom stereocenters. The topological polar surface area (TPSA) is 96.7 Å². The summed E-state index contributed by atoms with van der Waals surface area (Å²) in [4.78, 5) is 28.1. The minimum atomic E-state index is -1.02. The molecule has 0 unspecified atom stereocenters. The maximum atomic E-state index is 12.5. The fourth-order valence-electron chi connectivity index (χ4n) is 3.44. The van der Waals surface area contributed by atoms with Crippen molar-refractivity contribution in [2.45, 2.75) is 40.7 Å². The molecule has 6 nitrogen and oxygen atoms in total. The molecule has 0 radical (unpaired) electrons. The first kappa shape index (κ1) is 23.0. The fraction of sp³-hybridized carbons (Fsp3) is 0.269. The Labute approximate surface area is 187 Å². The summed E-state index contributed by atoms with van der Waals surface area (Å²) in [6.07, 6.45) is 3.31. The second-order valence-corrected chi connectivity index (χ2v) is 8.96. The largest absolute Gasteiger partial charge is 0.507 e. The molecule has 1 aromatic heterocycles. The molecular formula is C26H27NO5. The van der Waals surface area contributed by atoms with E-state index >= 15 is 0 Å². The number of Topliss-reactive ketones (excluding diaryl/α,β-unsaturated/α-hetero) is 1. The zero-order chi connectivity index (χ0) is 23.5. The van der Waals surface area contributed by atoms with E-state index in [1.165, 1.54) is 18.5 Å². The quantitative estimate of drug-likeness (QED) is 0.467. The molecule has 3 rings (SSSR count). The molecule has 0 bridgehead atoms. The number of benzene rings is 2. The molecule has 3 aromatic rings. The Morgan fingerprint density at radius 3 is 2.50 bits per heavy atom. The number of hydrogen-bond acceptors (Lipinski definition) is 5. The van der Waals surface area contributed by atoms with E-state index in [1.807, 2.05) is 45.0 Å². The molecule has 6 heteroatoms. The lowest BCUT2D eigenvalue weighted by molar-refractivity contribution is 0.0697. The van der Waals surface area contributed by atoms with E-state index in [0.717, 1.165) is 11.1 Å². The SMILES string of the molecule is Cc1c(OCc2cccc(-c3cnccc3C(=O)O)c2)ccc(C(=O)CC(C)(C)C)c1O. The maximum absolute atomic E-state index is 12.5. The number of nitrogens with zero attached hydrogens (tertiary/aromatic N) is 1. The van der Waals surface area contributed by atoms with Gasteiger partial charge in [-0.25, -0.2) is 4.79 Å². The predicted molar refractivity (Wildman–Crippen MR) is 122 cm³/mol. The minimum absolute atomic E-state index is 0.0630. The molecule has 0 saturated heterocycles. The summed E-state index contributed by atoms with van der Waals surface area (Å²) in [6, 6.07) is 12.1. The van der Waals surface area contributed by atoms with Gasteiger partial charge in [-0.1, -0.05) is 39.0 Å². The van der Waals surface area contributed by atoms with Crippen molar-refractivity contribution < 1.29 is 24.5 Å². The average Bonchev–Trinajstić information content (AvgIpc) is 2.73. The summed E-state index contributed by atoms with van der Waals surface area (Å²) in [7, 11) is 0. The van der Waals surface area contributed by atoms with E-state index in [2.05, 4.69) is 4.98 Å². The predicted octanol–water partition coefficient (Wildman–Crippen LogP) is 5.66. The smallest absolute Gasteiger partial charge is 0.336 e. The van der Waals surface area contributed by atoms with Gasteiger partial charge < -0.3 is 14.9 Å². The molecule has 166 valence electrons. The Morgan fingerprint density at radius 2 is 1.81 bits per heavy atom. The maximum Gasteiger partial charge on any atom is 0.336 e. The van der Waals surface area contributed by atoms with Crippen LogP contribution in [0.5, 0.6) is 11.5 Å². The molecule has 32 heavy (non-hydrogen) atoms. The molecule has 0 fully saturated rings. The van der Waals surface area contributed by atoms with Gasteiger partial charge in [0.2, 0.25) is 0 Å². The first-order valence-corrected chi connectivity index (χ1v) is 10.3. The number of carbonyl (C=O) groups is 2. The van der Waals surface area contributed by atoms with Crippen LogP contribution in [-0.4, -0.2) is 26.9 Å². The van der Waals surface area contributed by atoms with Crippen molar-refractivity contribution >= 4 is 11.8 Å². The Balaban J connectivity index is 1.80. The summed E-state index contributed by atoms with van der Waals surface area (Å²) >= 11 is 0. The van der Waals surface area contributed by atoms with E-state index in [1.54, 1.807) is 19.1 Å². The van der Waals surface area contributed by atoms with Crippen LogP contribution in [0.3, 0.4) is 0 Å². The number of rotatable bonds is 7. The van der Waals surface area contributed by atoms with Crippen LogP contribution < -0.4 is 4.74 Å². The third-order valence-corrected chi connectivity index (χ3v) is 5.06. The Hall–Kier alpha value is -3.67. The van der Waals surface area contributed by atoms with Crippen molar-refractivity contribution in [1.29, 1.82) is 0 Å². The van der Waals surface area contributed by atoms with Crippen LogP contribution in [0.25, 0.3) is 11.1 Å². The second-order valence-electron chi connectivity index (χ2n) is 8.96. The van der Waals surface area contributed by atoms with Crippen molar-refractivity contribution in [2.75, 3.05) is 0 Å². The molecule has 0 aliphatic rings. The van der Waals surface area contributed by atoms with Gasteiger partial charge in [0.15, 0.2) is 5.78 Å². The number of phenols is 1. The minimum Gasteiger partial charge on any atom is -0.507 e. The molecule has 0 amide bonds. The van der Waals surface area contributed by atoms with E-state index < -0.39 is 5.97 Å². The number of carbonyl (C=O) groups excluding carboxylic acids is 1. The van der Waals surface area contributed by atoms with Gasteiger partial charge in [0.25, 0.3) is 0 Å². The van der Waals surface area contributed by atoms with Crippen LogP contribution in [-0.2, 0) is 6.61 Å². The van der Waals surface area contributed by atoms with Gasteiger partial charge in [0.1, 0.15) is 18.1 Å². The fourth-order valence-corrected chi connectivity index (χ4v) is 3.44. The number of hydrogen-bond donors (Lipinski definition) is 2. The number of carboxylic acids is 1. The molecule has 2 N–H and O–H groups in total. The lowest BCUT2D eigenvalue weighted by Crippen LogP contribution is -2.13. The van der Waals surface area contributed by atoms with E-state index in [4.69, 9.17) is 4.74 Å². The highest BCUT2D eigenvalue weighted by molar-refractivity contribution is 5.99. The summed E-state index contributed by atoms with van der Waals surface area (Å²) in [5.41, 5.74) is 2.87. The normalized spacial score (nSPS) is 11.2. The first-order valence-electron chi connectivity index (χ1n) is 10.3. The summed E-state index contributed by atoms with van der Waals surface area (Å²) < 4.78 is 5.90. The third-order valence-electron chi connectivity index (χ3n) is 5.06. The number of aromatic nitrogens is 1. The van der Waals surface area contributed by atoms with Crippen molar-refractivity contribution in [3.63, 3.8) is 0 Å². The highest BCUT2D eigenvalue weighted by Gasteiger charge is 2.21. The average molecular weight is 434 g/mol. The standard InChI is InChI=1S/C26H27NO5/c1-16-23(9-8-20(24(16)29)22(28)13-26(2,3)4)32-15-17-6-5-7-18(12-17)21-14-27-11-10-19(21)25(30)31/h5-12,14,29H,13,15H2,1-4H3,(H,30,31). The van der Waals surface area contributed by atoms with Gasteiger partial charge >= 0.3 is 5.97 Å². The van der Waals surface area contributed by atoms with Crippen LogP contribution in [0.1, 0.15) is 59.0 Å². The Morgan fingerprint density at radius 1 is 1.06 bits per heavy atom. The van der Waals surface area contributed by atoms with Gasteiger partial charge in [-0.15, -0.1) is 0 Å². The lowest BCUT2D eigenvalue weighted by Gasteiger charge is -2.18. The molecular weight excluding hydrogens is 406 g/mol. The number of aromatic carboxylic acids is 1. The number of phenolic OH excluding ortho intramolecular Hbond substituents is 1. The number of carboxylic acid groups (broad SMARTS) is 1. The number of ether oxygens (including phenoxy) is 1. The van der Waals surface area contributed by atoms with Crippen LogP contribution in [0.15, 0.2) is 54.9 Å². The lowest BCUT2D eigenvalue weighted by atomic mass is 9.87. The molecule has 0 aliphatic heterocycles. The van der Waals surface area contributed by atoms with E-state index in [9.17, 15) is 19.8 Å². The van der Waals surface area contributed by atoms with Gasteiger partial charge in [-0.2, -0.15) is 0 Å².